The molecule has 0 radical (unpaired) electrons. The van der Waals surface area contributed by atoms with Crippen LogP contribution in [-0.4, -0.2) is 30.5 Å². The highest BCUT2D eigenvalue weighted by atomic mass is 32.2. The Bertz CT molecular complexity index is 607. The summed E-state index contributed by atoms with van der Waals surface area (Å²) in [4.78, 5) is 25.4. The molecule has 0 fully saturated rings. The molecule has 0 unspecified atom stereocenters. The van der Waals surface area contributed by atoms with Crippen LogP contribution in [0.25, 0.3) is 0 Å². The van der Waals surface area contributed by atoms with Crippen molar-refractivity contribution < 1.29 is 8.42 Å². The quantitative estimate of drug-likeness (QED) is 0.501. The molecule has 0 aromatic carbocycles. The molecule has 5 N–H and O–H groups in total. The van der Waals surface area contributed by atoms with Crippen molar-refractivity contribution in [2.24, 2.45) is 5.73 Å². The summed E-state index contributed by atoms with van der Waals surface area (Å²) in [5.74, 6) is 0. The summed E-state index contributed by atoms with van der Waals surface area (Å²) in [6.07, 6.45) is 0.840. The first-order valence-corrected chi connectivity index (χ1v) is 6.21. The van der Waals surface area contributed by atoms with E-state index in [1.165, 1.54) is 0 Å². The number of nitrogens with two attached hydrogens (primary N) is 1. The highest BCUT2D eigenvalue weighted by molar-refractivity contribution is 7.89. The zero-order chi connectivity index (χ0) is 13.3. The average molecular weight is 262 g/mol. The molecule has 0 atom stereocenters. The summed E-state index contributed by atoms with van der Waals surface area (Å²) in [5.41, 5.74) is 3.12. The van der Waals surface area contributed by atoms with Crippen LogP contribution in [0.1, 0.15) is 13.8 Å². The van der Waals surface area contributed by atoms with Crippen LogP contribution < -0.4 is 21.7 Å². The topological polar surface area (TPSA) is 138 Å². The molecule has 8 nitrogen and oxygen atoms in total. The third-order valence-corrected chi connectivity index (χ3v) is 3.20. The minimum Gasteiger partial charge on any atom is -0.324 e. The maximum absolute atomic E-state index is 11.7. The summed E-state index contributed by atoms with van der Waals surface area (Å²) < 4.78 is 25.6. The van der Waals surface area contributed by atoms with Gasteiger partial charge in [0.2, 0.25) is 10.0 Å². The number of sulfonamides is 1. The number of rotatable bonds is 4. The lowest BCUT2D eigenvalue weighted by atomic mass is 10.1. The number of nitrogens with one attached hydrogen (secondary N) is 3. The van der Waals surface area contributed by atoms with E-state index in [4.69, 9.17) is 5.73 Å². The van der Waals surface area contributed by atoms with Gasteiger partial charge < -0.3 is 10.7 Å². The van der Waals surface area contributed by atoms with Crippen molar-refractivity contribution in [3.05, 3.63) is 27.0 Å². The van der Waals surface area contributed by atoms with Crippen molar-refractivity contribution >= 4 is 10.0 Å². The van der Waals surface area contributed by atoms with E-state index in [9.17, 15) is 18.0 Å². The van der Waals surface area contributed by atoms with E-state index in [0.29, 0.717) is 0 Å². The molecule has 1 aromatic heterocycles. The number of aromatic nitrogens is 2. The van der Waals surface area contributed by atoms with Crippen molar-refractivity contribution in [3.63, 3.8) is 0 Å². The van der Waals surface area contributed by atoms with E-state index in [0.717, 1.165) is 6.20 Å². The molecule has 0 aliphatic rings. The number of hydrogen-bond acceptors (Lipinski definition) is 5. The Kier molecular flexibility index (Phi) is 3.55. The van der Waals surface area contributed by atoms with Crippen LogP contribution in [0.2, 0.25) is 0 Å². The molecular formula is C8H14N4O4S. The van der Waals surface area contributed by atoms with Crippen LogP contribution in [0.3, 0.4) is 0 Å². The van der Waals surface area contributed by atoms with Crippen LogP contribution in [0, 0.1) is 0 Å². The molecule has 1 aromatic rings. The van der Waals surface area contributed by atoms with Gasteiger partial charge in [-0.15, -0.1) is 0 Å². The first-order valence-electron chi connectivity index (χ1n) is 4.72. The van der Waals surface area contributed by atoms with E-state index < -0.39 is 31.7 Å². The van der Waals surface area contributed by atoms with E-state index >= 15 is 0 Å². The molecule has 0 aliphatic heterocycles. The molecule has 0 saturated carbocycles. The van der Waals surface area contributed by atoms with Crippen molar-refractivity contribution in [3.8, 4) is 0 Å². The third-order valence-electron chi connectivity index (χ3n) is 1.79. The van der Waals surface area contributed by atoms with Gasteiger partial charge in [-0.3, -0.25) is 9.78 Å². The molecule has 0 bridgehead atoms. The summed E-state index contributed by atoms with van der Waals surface area (Å²) in [6.45, 7) is 3.23. The zero-order valence-corrected chi connectivity index (χ0v) is 10.2. The smallest absolute Gasteiger partial charge is 0.324 e. The minimum absolute atomic E-state index is 0.0338. The number of H-pyrrole nitrogens is 2. The van der Waals surface area contributed by atoms with Gasteiger partial charge in [-0.1, -0.05) is 0 Å². The van der Waals surface area contributed by atoms with E-state index in [1.807, 2.05) is 4.98 Å². The van der Waals surface area contributed by atoms with Crippen LogP contribution in [0.5, 0.6) is 0 Å². The van der Waals surface area contributed by atoms with Crippen LogP contribution in [0.15, 0.2) is 20.7 Å². The van der Waals surface area contributed by atoms with Crippen molar-refractivity contribution in [2.45, 2.75) is 24.3 Å². The Balaban J connectivity index is 3.07. The lowest BCUT2D eigenvalue weighted by molar-refractivity contribution is 0.497. The molecule has 96 valence electrons. The molecule has 0 amide bonds. The highest BCUT2D eigenvalue weighted by Crippen LogP contribution is 2.00. The second-order valence-corrected chi connectivity index (χ2v) is 5.98. The second kappa shape index (κ2) is 4.43. The maximum atomic E-state index is 11.7. The lowest BCUT2D eigenvalue weighted by Crippen LogP contribution is -2.46. The Hall–Kier alpha value is -1.45. The van der Waals surface area contributed by atoms with Crippen molar-refractivity contribution in [1.29, 1.82) is 0 Å². The summed E-state index contributed by atoms with van der Waals surface area (Å²) in [7, 11) is -3.98. The molecular weight excluding hydrogens is 248 g/mol. The zero-order valence-electron chi connectivity index (χ0n) is 9.40. The molecule has 17 heavy (non-hydrogen) atoms. The standard InChI is InChI=1S/C8H14N4O4S/c1-8(2,9)4-11-17(15,16)5-3-10-7(14)12-6(5)13/h3,11H,4,9H2,1-2H3,(H2,10,12,13,14). The van der Waals surface area contributed by atoms with Gasteiger partial charge in [0.15, 0.2) is 4.90 Å². The van der Waals surface area contributed by atoms with E-state index in [2.05, 4.69) is 9.71 Å². The first kappa shape index (κ1) is 13.6. The second-order valence-electron chi connectivity index (χ2n) is 4.25. The Labute approximate surface area is 97.3 Å². The monoisotopic (exact) mass is 262 g/mol. The molecule has 0 aliphatic carbocycles. The molecule has 1 heterocycles. The molecule has 0 spiro atoms. The summed E-state index contributed by atoms with van der Waals surface area (Å²) >= 11 is 0. The number of aromatic amines is 2. The minimum atomic E-state index is -3.98. The van der Waals surface area contributed by atoms with Gasteiger partial charge in [-0.25, -0.2) is 17.9 Å². The predicted octanol–water partition coefficient (Wildman–Crippen LogP) is -1.92. The van der Waals surface area contributed by atoms with Crippen molar-refractivity contribution in [2.75, 3.05) is 6.54 Å². The van der Waals surface area contributed by atoms with Crippen LogP contribution >= 0.6 is 0 Å². The summed E-state index contributed by atoms with van der Waals surface area (Å²) in [5, 5.41) is 0. The fourth-order valence-corrected chi connectivity index (χ4v) is 2.18. The van der Waals surface area contributed by atoms with Gasteiger partial charge in [-0.2, -0.15) is 0 Å². The van der Waals surface area contributed by atoms with Gasteiger partial charge in [-0.05, 0) is 13.8 Å². The Morgan fingerprint density at radius 3 is 2.47 bits per heavy atom. The summed E-state index contributed by atoms with van der Waals surface area (Å²) in [6, 6.07) is 0. The normalized spacial score (nSPS) is 12.6. The van der Waals surface area contributed by atoms with Gasteiger partial charge in [0.1, 0.15) is 0 Å². The Morgan fingerprint density at radius 1 is 1.41 bits per heavy atom. The van der Waals surface area contributed by atoms with Gasteiger partial charge in [0, 0.05) is 18.3 Å². The predicted molar refractivity (Wildman–Crippen MR) is 61.1 cm³/mol. The SMILES string of the molecule is CC(C)(N)CNS(=O)(=O)c1c[nH]c(=O)[nH]c1=O. The van der Waals surface area contributed by atoms with E-state index in [1.54, 1.807) is 13.8 Å². The van der Waals surface area contributed by atoms with Gasteiger partial charge >= 0.3 is 5.69 Å². The lowest BCUT2D eigenvalue weighted by Gasteiger charge is -2.18. The largest absolute Gasteiger partial charge is 0.325 e. The maximum Gasteiger partial charge on any atom is 0.325 e. The fourth-order valence-electron chi connectivity index (χ4n) is 0.956. The van der Waals surface area contributed by atoms with Crippen LogP contribution in [-0.2, 0) is 10.0 Å². The van der Waals surface area contributed by atoms with Gasteiger partial charge in [0.25, 0.3) is 5.56 Å². The Morgan fingerprint density at radius 2 is 2.00 bits per heavy atom. The fraction of sp³-hybridized carbons (Fsp3) is 0.500. The highest BCUT2D eigenvalue weighted by Gasteiger charge is 2.21. The molecule has 1 rings (SSSR count). The van der Waals surface area contributed by atoms with Gasteiger partial charge in [0.05, 0.1) is 0 Å². The van der Waals surface area contributed by atoms with Crippen LogP contribution in [0.4, 0.5) is 0 Å². The molecule has 0 saturated heterocycles. The third kappa shape index (κ3) is 3.80. The number of hydrogen-bond donors (Lipinski definition) is 4. The molecule has 9 heteroatoms. The average Bonchev–Trinajstić information content (AvgIpc) is 2.13. The van der Waals surface area contributed by atoms with E-state index in [-0.39, 0.29) is 6.54 Å². The first-order chi connectivity index (χ1) is 7.62. The van der Waals surface area contributed by atoms with Crippen molar-refractivity contribution in [1.82, 2.24) is 14.7 Å².